The monoisotopic (exact) mass is 355 g/mol. The highest BCUT2D eigenvalue weighted by Gasteiger charge is 2.33. The molecule has 2 unspecified atom stereocenters. The average Bonchev–Trinajstić information content (AvgIpc) is 3.23. The molecule has 0 aromatic carbocycles. The molecule has 0 bridgehead atoms. The van der Waals surface area contributed by atoms with Gasteiger partial charge in [-0.15, -0.1) is 0 Å². The Morgan fingerprint density at radius 2 is 2.35 bits per heavy atom. The van der Waals surface area contributed by atoms with E-state index in [0.717, 1.165) is 32.4 Å². The van der Waals surface area contributed by atoms with E-state index < -0.39 is 0 Å². The molecule has 1 saturated heterocycles. The van der Waals surface area contributed by atoms with E-state index in [0.29, 0.717) is 24.8 Å². The molecule has 1 amide bonds. The van der Waals surface area contributed by atoms with Gasteiger partial charge in [0.2, 0.25) is 0 Å². The Bertz CT molecular complexity index is 745. The van der Waals surface area contributed by atoms with Crippen LogP contribution in [0, 0.1) is 12.8 Å². The number of aromatic nitrogens is 1. The normalized spacial score (nSPS) is 24.3. The molecular weight excluding hydrogens is 330 g/mol. The van der Waals surface area contributed by atoms with Gasteiger partial charge in [0.05, 0.1) is 6.54 Å². The SMILES string of the molecule is Cc1ccnc2c1CC(CNCCC1CN(C3=CNCC=N3)C(=O)O1)C2. The van der Waals surface area contributed by atoms with E-state index in [1.165, 1.54) is 16.8 Å². The van der Waals surface area contributed by atoms with Gasteiger partial charge in [0.1, 0.15) is 6.10 Å². The van der Waals surface area contributed by atoms with Gasteiger partial charge in [0.15, 0.2) is 5.82 Å². The Balaban J connectivity index is 1.19. The van der Waals surface area contributed by atoms with Gasteiger partial charge in [0, 0.05) is 30.9 Å². The number of aliphatic imine (C=N–C) groups is 1. The van der Waals surface area contributed by atoms with Gasteiger partial charge < -0.3 is 15.4 Å². The third-order valence-electron chi connectivity index (χ3n) is 5.24. The number of carbonyl (C=O) groups excluding carboxylic acids is 1. The van der Waals surface area contributed by atoms with E-state index in [4.69, 9.17) is 4.74 Å². The van der Waals surface area contributed by atoms with Crippen molar-refractivity contribution in [3.8, 4) is 0 Å². The van der Waals surface area contributed by atoms with Crippen molar-refractivity contribution in [2.45, 2.75) is 32.3 Å². The lowest BCUT2D eigenvalue weighted by atomic mass is 10.1. The van der Waals surface area contributed by atoms with Gasteiger partial charge in [-0.1, -0.05) is 0 Å². The van der Waals surface area contributed by atoms with Crippen LogP contribution in [0.5, 0.6) is 0 Å². The van der Waals surface area contributed by atoms with Crippen molar-refractivity contribution in [2.24, 2.45) is 10.9 Å². The first-order valence-electron chi connectivity index (χ1n) is 9.29. The molecule has 1 aromatic heterocycles. The van der Waals surface area contributed by atoms with Crippen molar-refractivity contribution in [2.75, 3.05) is 26.2 Å². The maximum atomic E-state index is 12.0. The lowest BCUT2D eigenvalue weighted by molar-refractivity contribution is 0.130. The number of fused-ring (bicyclic) bond motifs is 1. The van der Waals surface area contributed by atoms with Gasteiger partial charge in [-0.05, 0) is 62.4 Å². The van der Waals surface area contributed by atoms with Gasteiger partial charge in [0.25, 0.3) is 0 Å². The summed E-state index contributed by atoms with van der Waals surface area (Å²) in [5.41, 5.74) is 4.03. The number of ether oxygens (including phenoxy) is 1. The number of nitrogens with zero attached hydrogens (tertiary/aromatic N) is 3. The summed E-state index contributed by atoms with van der Waals surface area (Å²) in [6.45, 7) is 5.23. The minimum Gasteiger partial charge on any atom is -0.444 e. The zero-order valence-electron chi connectivity index (χ0n) is 15.1. The fourth-order valence-electron chi connectivity index (χ4n) is 3.83. The highest BCUT2D eigenvalue weighted by atomic mass is 16.6. The van der Waals surface area contributed by atoms with Crippen LogP contribution < -0.4 is 10.6 Å². The second-order valence-electron chi connectivity index (χ2n) is 7.16. The number of hydrogen-bond acceptors (Lipinski definition) is 6. The lowest BCUT2D eigenvalue weighted by Crippen LogP contribution is -2.29. The number of hydrogen-bond donors (Lipinski definition) is 2. The number of pyridine rings is 1. The summed E-state index contributed by atoms with van der Waals surface area (Å²) in [5, 5.41) is 6.59. The minimum atomic E-state index is -0.310. The largest absolute Gasteiger partial charge is 0.444 e. The number of carbonyl (C=O) groups is 1. The van der Waals surface area contributed by atoms with E-state index >= 15 is 0 Å². The summed E-state index contributed by atoms with van der Waals surface area (Å²) >= 11 is 0. The van der Waals surface area contributed by atoms with E-state index in [1.807, 2.05) is 6.20 Å². The summed E-state index contributed by atoms with van der Waals surface area (Å²) in [4.78, 5) is 22.4. The fourth-order valence-corrected chi connectivity index (χ4v) is 3.83. The number of amides is 1. The van der Waals surface area contributed by atoms with Gasteiger partial charge >= 0.3 is 6.09 Å². The molecule has 2 atom stereocenters. The predicted molar refractivity (Wildman–Crippen MR) is 98.9 cm³/mol. The number of rotatable bonds is 6. The minimum absolute atomic E-state index is 0.0855. The standard InChI is InChI=1S/C19H25N5O2/c1-13-2-5-22-17-9-14(8-16(13)17)10-20-4-3-15-12-24(19(25)26-15)18-11-21-6-7-23-18/h2,5,7,11,14-15,20-21H,3-4,6,8-10,12H2,1H3. The molecule has 7 nitrogen and oxygen atoms in total. The van der Waals surface area contributed by atoms with E-state index in [9.17, 15) is 4.79 Å². The molecule has 7 heteroatoms. The predicted octanol–water partition coefficient (Wildman–Crippen LogP) is 1.38. The Kier molecular flexibility index (Phi) is 4.88. The third-order valence-corrected chi connectivity index (χ3v) is 5.24. The maximum absolute atomic E-state index is 12.0. The van der Waals surface area contributed by atoms with Gasteiger partial charge in [-0.2, -0.15) is 0 Å². The second kappa shape index (κ2) is 7.45. The summed E-state index contributed by atoms with van der Waals surface area (Å²) in [6.07, 6.45) is 7.99. The number of cyclic esters (lactones) is 1. The van der Waals surface area contributed by atoms with Crippen LogP contribution in [0.25, 0.3) is 0 Å². The quantitative estimate of drug-likeness (QED) is 0.754. The second-order valence-corrected chi connectivity index (χ2v) is 7.16. The van der Waals surface area contributed by atoms with Crippen molar-refractivity contribution in [3.05, 3.63) is 41.1 Å². The molecule has 0 saturated carbocycles. The van der Waals surface area contributed by atoms with Crippen LogP contribution in [0.3, 0.4) is 0 Å². The first-order valence-corrected chi connectivity index (χ1v) is 9.29. The summed E-state index contributed by atoms with van der Waals surface area (Å²) in [7, 11) is 0. The molecule has 0 spiro atoms. The van der Waals surface area contributed by atoms with Crippen molar-refractivity contribution in [3.63, 3.8) is 0 Å². The van der Waals surface area contributed by atoms with E-state index in [1.54, 1.807) is 17.3 Å². The molecule has 138 valence electrons. The van der Waals surface area contributed by atoms with Crippen molar-refractivity contribution < 1.29 is 9.53 Å². The van der Waals surface area contributed by atoms with Crippen molar-refractivity contribution in [1.82, 2.24) is 20.5 Å². The molecular formula is C19H25N5O2. The van der Waals surface area contributed by atoms with Crippen LogP contribution >= 0.6 is 0 Å². The molecule has 3 heterocycles. The van der Waals surface area contributed by atoms with E-state index in [2.05, 4.69) is 33.6 Å². The highest BCUT2D eigenvalue weighted by Crippen LogP contribution is 2.27. The zero-order valence-corrected chi connectivity index (χ0v) is 15.1. The average molecular weight is 355 g/mol. The topological polar surface area (TPSA) is 78.9 Å². The van der Waals surface area contributed by atoms with Crippen molar-refractivity contribution >= 4 is 12.3 Å². The lowest BCUT2D eigenvalue weighted by Gasteiger charge is -2.16. The van der Waals surface area contributed by atoms with Crippen LogP contribution in [0.4, 0.5) is 4.79 Å². The van der Waals surface area contributed by atoms with Crippen LogP contribution in [-0.2, 0) is 17.6 Å². The smallest absolute Gasteiger partial charge is 0.415 e. The molecule has 1 aliphatic carbocycles. The Hall–Kier alpha value is -2.41. The van der Waals surface area contributed by atoms with Crippen LogP contribution in [0.1, 0.15) is 23.2 Å². The number of nitrogens with one attached hydrogen (secondary N) is 2. The highest BCUT2D eigenvalue weighted by molar-refractivity contribution is 5.73. The first kappa shape index (κ1) is 17.0. The maximum Gasteiger partial charge on any atom is 0.415 e. The molecule has 26 heavy (non-hydrogen) atoms. The van der Waals surface area contributed by atoms with Gasteiger partial charge in [-0.25, -0.2) is 9.79 Å². The molecule has 4 rings (SSSR count). The van der Waals surface area contributed by atoms with Crippen LogP contribution in [0.15, 0.2) is 29.3 Å². The molecule has 3 aliphatic rings. The van der Waals surface area contributed by atoms with Crippen LogP contribution in [-0.4, -0.2) is 54.5 Å². The summed E-state index contributed by atoms with van der Waals surface area (Å²) in [5.74, 6) is 1.23. The Morgan fingerprint density at radius 3 is 3.15 bits per heavy atom. The Labute approximate surface area is 153 Å². The molecule has 2 N–H and O–H groups in total. The number of aryl methyl sites for hydroxylation is 1. The van der Waals surface area contributed by atoms with Crippen molar-refractivity contribution in [1.29, 1.82) is 0 Å². The molecule has 1 fully saturated rings. The van der Waals surface area contributed by atoms with Gasteiger partial charge in [-0.3, -0.25) is 9.88 Å². The van der Waals surface area contributed by atoms with Crippen LogP contribution in [0.2, 0.25) is 0 Å². The zero-order chi connectivity index (χ0) is 17.9. The molecule has 1 aromatic rings. The third kappa shape index (κ3) is 3.58. The first-order chi connectivity index (χ1) is 12.7. The molecule has 0 radical (unpaired) electrons. The fraction of sp³-hybridized carbons (Fsp3) is 0.526. The molecule has 2 aliphatic heterocycles. The summed E-state index contributed by atoms with van der Waals surface area (Å²) in [6, 6.07) is 2.09. The Morgan fingerprint density at radius 1 is 1.42 bits per heavy atom. The van der Waals surface area contributed by atoms with E-state index in [-0.39, 0.29) is 12.2 Å². The summed E-state index contributed by atoms with van der Waals surface area (Å²) < 4.78 is 5.46.